The van der Waals surface area contributed by atoms with Gasteiger partial charge < -0.3 is 19.5 Å². The third kappa shape index (κ3) is 4.73. The number of anilines is 1. The summed E-state index contributed by atoms with van der Waals surface area (Å²) in [6, 6.07) is 10.4. The van der Waals surface area contributed by atoms with E-state index in [4.69, 9.17) is 12.2 Å². The lowest BCUT2D eigenvalue weighted by atomic mass is 9.97. The fraction of sp³-hybridized carbons (Fsp3) is 0.375. The number of nitrogens with zero attached hydrogens (tertiary/aromatic N) is 5. The number of carboxylic acid groups (broad SMARTS) is 1. The van der Waals surface area contributed by atoms with Crippen molar-refractivity contribution in [2.24, 2.45) is 0 Å². The monoisotopic (exact) mass is 465 g/mol. The van der Waals surface area contributed by atoms with Crippen molar-refractivity contribution in [3.05, 3.63) is 64.1 Å². The maximum absolute atomic E-state index is 12.5. The molecule has 33 heavy (non-hydrogen) atoms. The zero-order valence-electron chi connectivity index (χ0n) is 18.8. The highest BCUT2D eigenvalue weighted by molar-refractivity contribution is 7.80. The van der Waals surface area contributed by atoms with Crippen molar-refractivity contribution in [1.82, 2.24) is 19.4 Å². The van der Waals surface area contributed by atoms with E-state index in [2.05, 4.69) is 51.0 Å². The molecule has 1 aromatic carbocycles. The molecule has 0 aliphatic carbocycles. The molecule has 0 saturated carbocycles. The first kappa shape index (κ1) is 22.8. The average Bonchev–Trinajstić information content (AvgIpc) is 2.84. The summed E-state index contributed by atoms with van der Waals surface area (Å²) in [6.45, 7) is 7.57. The van der Waals surface area contributed by atoms with Gasteiger partial charge in [-0.2, -0.15) is 4.98 Å². The molecule has 0 spiro atoms. The predicted octanol–water partition coefficient (Wildman–Crippen LogP) is 3.15. The standard InChI is InChI=1S/C24H27N5O3S/c1-3-27-15-19(23(31)32)21(30)18-14-25-24(26-22(18)27)29-11-9-28(10-12-29)20(33)13-16(2)17-7-5-4-6-8-17/h4-8,14-16H,3,9-13H2,1-2H3,(H,31,32). The summed E-state index contributed by atoms with van der Waals surface area (Å²) in [7, 11) is 0. The normalized spacial score (nSPS) is 15.0. The summed E-state index contributed by atoms with van der Waals surface area (Å²) < 4.78 is 1.68. The number of pyridine rings is 1. The molecule has 1 aliphatic rings. The third-order valence-electron chi connectivity index (χ3n) is 6.14. The zero-order valence-corrected chi connectivity index (χ0v) is 19.6. The number of piperazine rings is 1. The average molecular weight is 466 g/mol. The first-order chi connectivity index (χ1) is 15.9. The Labute approximate surface area is 197 Å². The van der Waals surface area contributed by atoms with Gasteiger partial charge in [0.05, 0.1) is 10.4 Å². The lowest BCUT2D eigenvalue weighted by Gasteiger charge is -2.36. The number of fused-ring (bicyclic) bond motifs is 1. The highest BCUT2D eigenvalue weighted by Gasteiger charge is 2.23. The molecule has 2 aromatic heterocycles. The van der Waals surface area contributed by atoms with Crippen LogP contribution in [-0.2, 0) is 6.54 Å². The lowest BCUT2D eigenvalue weighted by molar-refractivity contribution is 0.0695. The van der Waals surface area contributed by atoms with Crippen LogP contribution in [0.1, 0.15) is 42.1 Å². The Morgan fingerprint density at radius 3 is 2.52 bits per heavy atom. The molecule has 0 bridgehead atoms. The molecule has 9 heteroatoms. The largest absolute Gasteiger partial charge is 0.477 e. The Morgan fingerprint density at radius 2 is 1.88 bits per heavy atom. The summed E-state index contributed by atoms with van der Waals surface area (Å²) in [5, 5.41) is 9.53. The van der Waals surface area contributed by atoms with Crippen LogP contribution in [0.5, 0.6) is 0 Å². The Kier molecular flexibility index (Phi) is 6.69. The van der Waals surface area contributed by atoms with Gasteiger partial charge in [0.15, 0.2) is 0 Å². The molecule has 3 aromatic rings. The molecule has 8 nitrogen and oxygen atoms in total. The fourth-order valence-electron chi connectivity index (χ4n) is 4.16. The smallest absolute Gasteiger partial charge is 0.341 e. The summed E-state index contributed by atoms with van der Waals surface area (Å²) in [5.74, 6) is -0.348. The molecule has 0 amide bonds. The fourth-order valence-corrected chi connectivity index (χ4v) is 4.59. The quantitative estimate of drug-likeness (QED) is 0.555. The number of thiocarbonyl (C=S) groups is 1. The van der Waals surface area contributed by atoms with Gasteiger partial charge in [-0.05, 0) is 18.4 Å². The van der Waals surface area contributed by atoms with Crippen molar-refractivity contribution in [1.29, 1.82) is 0 Å². The second-order valence-electron chi connectivity index (χ2n) is 8.25. The molecule has 0 radical (unpaired) electrons. The van der Waals surface area contributed by atoms with Crippen LogP contribution in [0.4, 0.5) is 5.95 Å². The van der Waals surface area contributed by atoms with Crippen molar-refractivity contribution in [2.45, 2.75) is 32.7 Å². The Hall–Kier alpha value is -3.33. The number of aromatic carboxylic acids is 1. The predicted molar refractivity (Wildman–Crippen MR) is 132 cm³/mol. The van der Waals surface area contributed by atoms with Crippen LogP contribution < -0.4 is 10.3 Å². The molecule has 3 heterocycles. The van der Waals surface area contributed by atoms with E-state index in [1.807, 2.05) is 13.0 Å². The highest BCUT2D eigenvalue weighted by atomic mass is 32.1. The molecule has 4 rings (SSSR count). The summed E-state index contributed by atoms with van der Waals surface area (Å²) in [6.07, 6.45) is 3.63. The molecule has 1 N–H and O–H groups in total. The van der Waals surface area contributed by atoms with Crippen LogP contribution in [0.3, 0.4) is 0 Å². The SMILES string of the molecule is CCn1cc(C(=O)O)c(=O)c2cnc(N3CCN(C(=S)CC(C)c4ccccc4)CC3)nc21. The minimum Gasteiger partial charge on any atom is -0.477 e. The van der Waals surface area contributed by atoms with Crippen molar-refractivity contribution in [3.63, 3.8) is 0 Å². The second kappa shape index (κ2) is 9.66. The summed E-state index contributed by atoms with van der Waals surface area (Å²) in [5.41, 5.74) is 0.909. The van der Waals surface area contributed by atoms with Gasteiger partial charge in [0, 0.05) is 51.5 Å². The maximum Gasteiger partial charge on any atom is 0.341 e. The number of aryl methyl sites for hydroxylation is 1. The van der Waals surface area contributed by atoms with Crippen molar-refractivity contribution >= 4 is 40.2 Å². The topological polar surface area (TPSA) is 91.6 Å². The van der Waals surface area contributed by atoms with E-state index in [0.29, 0.717) is 24.1 Å². The first-order valence-corrected chi connectivity index (χ1v) is 11.5. The molecular weight excluding hydrogens is 438 g/mol. The van der Waals surface area contributed by atoms with E-state index in [-0.39, 0.29) is 10.9 Å². The van der Waals surface area contributed by atoms with Gasteiger partial charge in [-0.3, -0.25) is 4.79 Å². The van der Waals surface area contributed by atoms with Gasteiger partial charge in [0.2, 0.25) is 11.4 Å². The van der Waals surface area contributed by atoms with Crippen LogP contribution in [0.25, 0.3) is 11.0 Å². The van der Waals surface area contributed by atoms with Crippen LogP contribution >= 0.6 is 12.2 Å². The van der Waals surface area contributed by atoms with Crippen LogP contribution in [0.2, 0.25) is 0 Å². The molecule has 1 fully saturated rings. The van der Waals surface area contributed by atoms with E-state index < -0.39 is 11.4 Å². The van der Waals surface area contributed by atoms with Crippen molar-refractivity contribution in [2.75, 3.05) is 31.1 Å². The summed E-state index contributed by atoms with van der Waals surface area (Å²) >= 11 is 5.74. The summed E-state index contributed by atoms with van der Waals surface area (Å²) in [4.78, 5) is 38.2. The molecule has 172 valence electrons. The number of carbonyl (C=O) groups is 1. The number of benzene rings is 1. The molecule has 1 atom stereocenters. The van der Waals surface area contributed by atoms with Crippen LogP contribution in [0.15, 0.2) is 47.5 Å². The Bertz CT molecular complexity index is 1240. The van der Waals surface area contributed by atoms with Gasteiger partial charge in [-0.25, -0.2) is 9.78 Å². The Morgan fingerprint density at radius 1 is 1.18 bits per heavy atom. The molecular formula is C24H27N5O3S. The van der Waals surface area contributed by atoms with E-state index in [1.165, 1.54) is 18.0 Å². The van der Waals surface area contributed by atoms with Gasteiger partial charge >= 0.3 is 5.97 Å². The zero-order chi connectivity index (χ0) is 23.5. The number of rotatable bonds is 6. The number of aromatic nitrogens is 3. The number of carboxylic acids is 1. The number of hydrogen-bond donors (Lipinski definition) is 1. The van der Waals surface area contributed by atoms with Crippen molar-refractivity contribution < 1.29 is 9.90 Å². The number of hydrogen-bond acceptors (Lipinski definition) is 6. The van der Waals surface area contributed by atoms with Gasteiger partial charge in [-0.15, -0.1) is 0 Å². The lowest BCUT2D eigenvalue weighted by Crippen LogP contribution is -2.49. The molecule has 1 saturated heterocycles. The first-order valence-electron chi connectivity index (χ1n) is 11.1. The minimum atomic E-state index is -1.25. The van der Waals surface area contributed by atoms with E-state index >= 15 is 0 Å². The second-order valence-corrected chi connectivity index (χ2v) is 8.73. The Balaban J connectivity index is 1.46. The van der Waals surface area contributed by atoms with E-state index in [9.17, 15) is 14.7 Å². The van der Waals surface area contributed by atoms with Gasteiger partial charge in [-0.1, -0.05) is 49.5 Å². The van der Waals surface area contributed by atoms with Crippen LogP contribution in [0, 0.1) is 0 Å². The van der Waals surface area contributed by atoms with E-state index in [1.54, 1.807) is 4.57 Å². The third-order valence-corrected chi connectivity index (χ3v) is 6.56. The van der Waals surface area contributed by atoms with Gasteiger partial charge in [0.25, 0.3) is 0 Å². The minimum absolute atomic E-state index is 0.218. The molecule has 1 aliphatic heterocycles. The van der Waals surface area contributed by atoms with Gasteiger partial charge in [0.1, 0.15) is 11.2 Å². The highest BCUT2D eigenvalue weighted by Crippen LogP contribution is 2.22. The van der Waals surface area contributed by atoms with Crippen LogP contribution in [-0.4, -0.2) is 61.7 Å². The van der Waals surface area contributed by atoms with E-state index in [0.717, 1.165) is 37.6 Å². The maximum atomic E-state index is 12.5. The molecule has 1 unspecified atom stereocenters. The van der Waals surface area contributed by atoms with Crippen molar-refractivity contribution in [3.8, 4) is 0 Å².